The monoisotopic (exact) mass is 672 g/mol. The molecule has 2 aromatic carbocycles. The van der Waals surface area contributed by atoms with Crippen LogP contribution in [0.2, 0.25) is 0 Å². The van der Waals surface area contributed by atoms with Crippen LogP contribution in [0.1, 0.15) is 96.2 Å². The summed E-state index contributed by atoms with van der Waals surface area (Å²) in [6, 6.07) is 9.18. The highest BCUT2D eigenvalue weighted by molar-refractivity contribution is 5.97. The van der Waals surface area contributed by atoms with E-state index in [1.807, 2.05) is 0 Å². The van der Waals surface area contributed by atoms with Crippen LogP contribution in [0, 0.1) is 17.6 Å². The maximum atomic E-state index is 14.1. The van der Waals surface area contributed by atoms with Crippen LogP contribution in [-0.4, -0.2) is 53.4 Å². The maximum Gasteiger partial charge on any atom is 0.275 e. The van der Waals surface area contributed by atoms with Crippen molar-refractivity contribution < 1.29 is 32.3 Å². The quantitative estimate of drug-likeness (QED) is 0.0770. The summed E-state index contributed by atoms with van der Waals surface area (Å²) in [5, 5.41) is 11.5. The van der Waals surface area contributed by atoms with E-state index in [-0.39, 0.29) is 44.1 Å². The first kappa shape index (κ1) is 38.0. The van der Waals surface area contributed by atoms with Gasteiger partial charge in [-0.05, 0) is 73.9 Å². The number of amidine groups is 1. The van der Waals surface area contributed by atoms with Gasteiger partial charge in [0.05, 0.1) is 6.04 Å². The first-order chi connectivity index (χ1) is 22.8. The van der Waals surface area contributed by atoms with Gasteiger partial charge in [0.15, 0.2) is 0 Å². The zero-order chi connectivity index (χ0) is 35.5. The number of carbonyl (C=O) groups is 4. The molecule has 1 fully saturated rings. The zero-order valence-corrected chi connectivity index (χ0v) is 28.0. The minimum Gasteiger partial charge on any atom is -0.360 e. The number of nitrogens with two attached hydrogens (primary N) is 1. The van der Waals surface area contributed by atoms with E-state index >= 15 is 0 Å². The number of benzene rings is 2. The van der Waals surface area contributed by atoms with E-state index in [2.05, 4.69) is 26.3 Å². The third kappa shape index (κ3) is 9.80. The van der Waals surface area contributed by atoms with Crippen LogP contribution in [0.25, 0.3) is 0 Å². The van der Waals surface area contributed by atoms with Gasteiger partial charge in [0.25, 0.3) is 6.09 Å². The smallest absolute Gasteiger partial charge is 0.275 e. The number of halogens is 3. The van der Waals surface area contributed by atoms with E-state index in [1.165, 1.54) is 48.5 Å². The number of hydrogen-bond donors (Lipinski definition) is 5. The SMILES string of the molecule is CCC(CC)(NC(=O)C(C)C)C(=O)N[C@@H](CCCN=C(N)F)C(=O)NC1(C(=O)NC(c2ccc(F)cc2)c2ccc(F)cc2)CCCC1. The van der Waals surface area contributed by atoms with E-state index in [1.54, 1.807) is 27.7 Å². The van der Waals surface area contributed by atoms with Crippen LogP contribution in [0.3, 0.4) is 0 Å². The average molecular weight is 673 g/mol. The third-order valence-electron chi connectivity index (χ3n) is 9.00. The molecule has 0 bridgehead atoms. The standard InChI is InChI=1S/C35H47F3N6O4/c1-5-34(6-2,43-29(45)22(3)4)31(47)41-27(10-9-21-40-33(38)39)30(46)44-35(19-7-8-20-35)32(48)42-28(23-11-15-25(36)16-12-23)24-13-17-26(37)18-14-24/h11-18,22,27-28H,5-10,19-21H2,1-4H3,(H2,39,40)(H,41,47)(H,42,48)(H,43,45)(H,44,46)/t27-/m0/s1. The molecule has 1 aliphatic carbocycles. The molecule has 10 nitrogen and oxygen atoms in total. The minimum atomic E-state index is -1.35. The Labute approximate surface area is 279 Å². The Bertz CT molecular complexity index is 1390. The van der Waals surface area contributed by atoms with Gasteiger partial charge in [-0.25, -0.2) is 13.8 Å². The van der Waals surface area contributed by atoms with Crippen LogP contribution in [0.4, 0.5) is 13.2 Å². The Kier molecular flexibility index (Phi) is 13.6. The predicted molar refractivity (Wildman–Crippen MR) is 177 cm³/mol. The minimum absolute atomic E-state index is 0.0403. The van der Waals surface area contributed by atoms with E-state index in [4.69, 9.17) is 5.73 Å². The van der Waals surface area contributed by atoms with Crippen LogP contribution in [0.15, 0.2) is 53.5 Å². The molecular weight excluding hydrogens is 625 g/mol. The Morgan fingerprint density at radius 2 is 1.40 bits per heavy atom. The molecule has 0 aromatic heterocycles. The summed E-state index contributed by atoms with van der Waals surface area (Å²) in [5.74, 6) is -3.31. The van der Waals surface area contributed by atoms with Crippen molar-refractivity contribution in [1.29, 1.82) is 0 Å². The summed E-state index contributed by atoms with van der Waals surface area (Å²) in [5.41, 5.74) is 3.48. The van der Waals surface area contributed by atoms with Gasteiger partial charge >= 0.3 is 0 Å². The fourth-order valence-corrected chi connectivity index (χ4v) is 5.88. The second-order valence-electron chi connectivity index (χ2n) is 12.6. The summed E-state index contributed by atoms with van der Waals surface area (Å²) >= 11 is 0. The van der Waals surface area contributed by atoms with Crippen molar-refractivity contribution in [3.8, 4) is 0 Å². The highest BCUT2D eigenvalue weighted by Crippen LogP contribution is 2.32. The zero-order valence-electron chi connectivity index (χ0n) is 28.0. The Hall–Kier alpha value is -4.42. The molecular formula is C35H47F3N6O4. The number of amides is 4. The van der Waals surface area contributed by atoms with Gasteiger partial charge in [0.1, 0.15) is 28.8 Å². The molecule has 48 heavy (non-hydrogen) atoms. The van der Waals surface area contributed by atoms with E-state index < -0.39 is 58.6 Å². The van der Waals surface area contributed by atoms with Gasteiger partial charge in [-0.15, -0.1) is 0 Å². The van der Waals surface area contributed by atoms with Crippen molar-refractivity contribution in [3.63, 3.8) is 0 Å². The lowest BCUT2D eigenvalue weighted by Crippen LogP contribution is -2.64. The Morgan fingerprint density at radius 3 is 1.85 bits per heavy atom. The second kappa shape index (κ2) is 17.1. The molecule has 0 spiro atoms. The van der Waals surface area contributed by atoms with Crippen LogP contribution in [-0.2, 0) is 19.2 Å². The molecule has 1 atom stereocenters. The highest BCUT2D eigenvalue weighted by atomic mass is 19.1. The van der Waals surface area contributed by atoms with Crippen molar-refractivity contribution in [1.82, 2.24) is 21.3 Å². The molecule has 13 heteroatoms. The molecule has 6 N–H and O–H groups in total. The lowest BCUT2D eigenvalue weighted by molar-refractivity contribution is -0.139. The number of carbonyl (C=O) groups excluding carboxylic acids is 4. The van der Waals surface area contributed by atoms with Gasteiger partial charge in [-0.3, -0.25) is 19.2 Å². The summed E-state index contributed by atoms with van der Waals surface area (Å²) in [4.78, 5) is 58.0. The maximum absolute atomic E-state index is 14.1. The fraction of sp³-hybridized carbons (Fsp3) is 0.514. The summed E-state index contributed by atoms with van der Waals surface area (Å²) < 4.78 is 40.7. The number of nitrogens with one attached hydrogen (secondary N) is 4. The Balaban J connectivity index is 1.91. The number of hydrogen-bond acceptors (Lipinski definition) is 5. The normalized spacial score (nSPS) is 15.2. The number of aliphatic imine (C=N–C) groups is 1. The number of rotatable bonds is 16. The molecule has 0 saturated heterocycles. The molecule has 0 heterocycles. The molecule has 1 aliphatic rings. The summed E-state index contributed by atoms with van der Waals surface area (Å²) in [7, 11) is 0. The predicted octanol–water partition coefficient (Wildman–Crippen LogP) is 4.48. The lowest BCUT2D eigenvalue weighted by Gasteiger charge is -2.36. The van der Waals surface area contributed by atoms with Crippen LogP contribution < -0.4 is 27.0 Å². The number of nitrogens with zero attached hydrogens (tertiary/aromatic N) is 1. The molecule has 262 valence electrons. The van der Waals surface area contributed by atoms with Gasteiger partial charge in [-0.1, -0.05) is 64.8 Å². The molecule has 1 saturated carbocycles. The van der Waals surface area contributed by atoms with E-state index in [9.17, 15) is 32.3 Å². The van der Waals surface area contributed by atoms with Gasteiger partial charge < -0.3 is 27.0 Å². The molecule has 0 radical (unpaired) electrons. The van der Waals surface area contributed by atoms with E-state index in [0.29, 0.717) is 36.8 Å². The van der Waals surface area contributed by atoms with Crippen LogP contribution in [0.5, 0.6) is 0 Å². The first-order valence-electron chi connectivity index (χ1n) is 16.5. The second-order valence-corrected chi connectivity index (χ2v) is 12.6. The third-order valence-corrected chi connectivity index (χ3v) is 9.00. The average Bonchev–Trinajstić information content (AvgIpc) is 3.54. The molecule has 4 amide bonds. The van der Waals surface area contributed by atoms with Gasteiger partial charge in [0, 0.05) is 12.5 Å². The van der Waals surface area contributed by atoms with Crippen LogP contribution >= 0.6 is 0 Å². The topological polar surface area (TPSA) is 155 Å². The summed E-state index contributed by atoms with van der Waals surface area (Å²) in [6.45, 7) is 6.89. The first-order valence-corrected chi connectivity index (χ1v) is 16.5. The van der Waals surface area contributed by atoms with Gasteiger partial charge in [-0.2, -0.15) is 4.39 Å². The largest absolute Gasteiger partial charge is 0.360 e. The van der Waals surface area contributed by atoms with Crippen molar-refractivity contribution >= 4 is 29.7 Å². The molecule has 3 rings (SSSR count). The van der Waals surface area contributed by atoms with Crippen molar-refractivity contribution in [2.45, 2.75) is 102 Å². The molecule has 0 unspecified atom stereocenters. The highest BCUT2D eigenvalue weighted by Gasteiger charge is 2.45. The van der Waals surface area contributed by atoms with Crippen molar-refractivity contribution in [2.24, 2.45) is 16.6 Å². The Morgan fingerprint density at radius 1 is 0.875 bits per heavy atom. The van der Waals surface area contributed by atoms with Crippen molar-refractivity contribution in [2.75, 3.05) is 6.54 Å². The lowest BCUT2D eigenvalue weighted by atomic mass is 9.89. The van der Waals surface area contributed by atoms with Gasteiger partial charge in [0.2, 0.25) is 23.6 Å². The molecule has 0 aliphatic heterocycles. The fourth-order valence-electron chi connectivity index (χ4n) is 5.88. The van der Waals surface area contributed by atoms with E-state index in [0.717, 1.165) is 0 Å². The van der Waals surface area contributed by atoms with Crippen molar-refractivity contribution in [3.05, 3.63) is 71.3 Å². The molecule has 2 aromatic rings. The summed E-state index contributed by atoms with van der Waals surface area (Å²) in [6.07, 6.45) is 1.54.